The Kier molecular flexibility index (Phi) is 3.76. The molecule has 3 aliphatic carbocycles. The van der Waals surface area contributed by atoms with Crippen LogP contribution in [0.1, 0.15) is 42.6 Å². The Hall–Kier alpha value is -2.30. The van der Waals surface area contributed by atoms with Crippen molar-refractivity contribution in [2.24, 2.45) is 23.7 Å². The van der Waals surface area contributed by atoms with Crippen LogP contribution in [0, 0.1) is 23.7 Å². The highest BCUT2D eigenvalue weighted by Gasteiger charge is 2.54. The van der Waals surface area contributed by atoms with E-state index in [2.05, 4.69) is 10.5 Å². The summed E-state index contributed by atoms with van der Waals surface area (Å²) in [6, 6.07) is 9.59. The number of hydrogen-bond donors (Lipinski definition) is 1. The zero-order valence-electron chi connectivity index (χ0n) is 15.0. The molecule has 0 saturated heterocycles. The first-order valence-electron chi connectivity index (χ1n) is 9.65. The molecule has 1 aromatic carbocycles. The third-order valence-electron chi connectivity index (χ3n) is 6.86. The summed E-state index contributed by atoms with van der Waals surface area (Å²) in [4.78, 5) is 12.7. The van der Waals surface area contributed by atoms with Gasteiger partial charge in [-0.05, 0) is 61.5 Å². The number of ether oxygens (including phenoxy) is 1. The van der Waals surface area contributed by atoms with Crippen molar-refractivity contribution in [3.8, 4) is 17.1 Å². The van der Waals surface area contributed by atoms with Crippen molar-refractivity contribution in [3.05, 3.63) is 36.0 Å². The quantitative estimate of drug-likeness (QED) is 0.906. The van der Waals surface area contributed by atoms with Gasteiger partial charge in [-0.25, -0.2) is 0 Å². The van der Waals surface area contributed by atoms with Crippen LogP contribution in [0.2, 0.25) is 0 Å². The van der Waals surface area contributed by atoms with Gasteiger partial charge in [0, 0.05) is 12.1 Å². The highest BCUT2D eigenvalue weighted by molar-refractivity contribution is 5.93. The third-order valence-corrected chi connectivity index (χ3v) is 6.86. The first-order chi connectivity index (χ1) is 12.7. The molecule has 0 spiro atoms. The Morgan fingerprint density at radius 3 is 2.92 bits per heavy atom. The van der Waals surface area contributed by atoms with Crippen molar-refractivity contribution in [1.82, 2.24) is 10.5 Å². The van der Waals surface area contributed by atoms with E-state index in [0.29, 0.717) is 29.2 Å². The van der Waals surface area contributed by atoms with E-state index in [1.54, 1.807) is 13.2 Å². The molecule has 2 aromatic rings. The smallest absolute Gasteiger partial charge is 0.273 e. The summed E-state index contributed by atoms with van der Waals surface area (Å²) in [7, 11) is 1.62. The predicted molar refractivity (Wildman–Crippen MR) is 96.8 cm³/mol. The molecule has 2 bridgehead atoms. The summed E-state index contributed by atoms with van der Waals surface area (Å²) in [5, 5.41) is 7.24. The molecule has 1 N–H and O–H groups in total. The van der Waals surface area contributed by atoms with E-state index in [4.69, 9.17) is 9.26 Å². The molecule has 5 nitrogen and oxygen atoms in total. The molecule has 3 aliphatic rings. The van der Waals surface area contributed by atoms with Crippen LogP contribution in [0.4, 0.5) is 0 Å². The van der Waals surface area contributed by atoms with Gasteiger partial charge in [0.2, 0.25) is 0 Å². The summed E-state index contributed by atoms with van der Waals surface area (Å²) in [6.45, 7) is 0. The summed E-state index contributed by atoms with van der Waals surface area (Å²) in [5.74, 6) is 4.38. The van der Waals surface area contributed by atoms with Crippen LogP contribution < -0.4 is 10.1 Å². The monoisotopic (exact) mass is 352 g/mol. The SMILES string of the molecule is COc1ccccc1-c1cc(C(=O)N[C@@H]2C[C@H]3C[C@H]2[C@H]2CCC[C@@H]32)no1. The molecule has 26 heavy (non-hydrogen) atoms. The molecule has 5 heteroatoms. The minimum absolute atomic E-state index is 0.123. The highest BCUT2D eigenvalue weighted by Crippen LogP contribution is 2.58. The summed E-state index contributed by atoms with van der Waals surface area (Å²) < 4.78 is 10.8. The maximum Gasteiger partial charge on any atom is 0.273 e. The van der Waals surface area contributed by atoms with Crippen LogP contribution in [0.15, 0.2) is 34.9 Å². The number of carbonyl (C=O) groups excluding carboxylic acids is 1. The molecule has 1 heterocycles. The summed E-state index contributed by atoms with van der Waals surface area (Å²) in [5.41, 5.74) is 1.15. The van der Waals surface area contributed by atoms with Crippen molar-refractivity contribution < 1.29 is 14.1 Å². The standard InChI is InChI=1S/C21H24N2O3/c1-25-19-8-3-2-5-15(19)20-11-18(23-26-20)21(24)22-17-10-12-9-16(17)14-7-4-6-13(12)14/h2-3,5,8,11-14,16-17H,4,6-7,9-10H2,1H3,(H,22,24)/t12-,13+,14+,16+,17-/m1/s1. The van der Waals surface area contributed by atoms with Gasteiger partial charge in [-0.3, -0.25) is 4.79 Å². The molecule has 5 atom stereocenters. The van der Waals surface area contributed by atoms with Crippen molar-refractivity contribution in [2.45, 2.75) is 38.1 Å². The van der Waals surface area contributed by atoms with Crippen LogP contribution in [0.5, 0.6) is 5.75 Å². The number of fused-ring (bicyclic) bond motifs is 5. The van der Waals surface area contributed by atoms with E-state index < -0.39 is 0 Å². The van der Waals surface area contributed by atoms with Crippen LogP contribution >= 0.6 is 0 Å². The molecule has 136 valence electrons. The second-order valence-corrected chi connectivity index (χ2v) is 8.01. The van der Waals surface area contributed by atoms with E-state index in [-0.39, 0.29) is 5.91 Å². The van der Waals surface area contributed by atoms with Gasteiger partial charge >= 0.3 is 0 Å². The lowest BCUT2D eigenvalue weighted by atomic mass is 9.79. The fraction of sp³-hybridized carbons (Fsp3) is 0.524. The third kappa shape index (κ3) is 2.44. The average molecular weight is 352 g/mol. The van der Waals surface area contributed by atoms with Gasteiger partial charge in [-0.15, -0.1) is 0 Å². The van der Waals surface area contributed by atoms with E-state index >= 15 is 0 Å². The maximum absolute atomic E-state index is 12.7. The normalized spacial score (nSPS) is 31.8. The van der Waals surface area contributed by atoms with Gasteiger partial charge in [0.25, 0.3) is 5.91 Å². The van der Waals surface area contributed by atoms with E-state index in [0.717, 1.165) is 29.7 Å². The molecule has 0 aliphatic heterocycles. The number of aromatic nitrogens is 1. The number of methoxy groups -OCH3 is 1. The topological polar surface area (TPSA) is 64.4 Å². The van der Waals surface area contributed by atoms with Gasteiger partial charge in [0.1, 0.15) is 5.75 Å². The summed E-state index contributed by atoms with van der Waals surface area (Å²) >= 11 is 0. The Balaban J connectivity index is 1.31. The van der Waals surface area contributed by atoms with Gasteiger partial charge in [-0.1, -0.05) is 23.7 Å². The predicted octanol–water partition coefficient (Wildman–Crippen LogP) is 3.90. The molecule has 3 saturated carbocycles. The molecule has 0 unspecified atom stereocenters. The van der Waals surface area contributed by atoms with Crippen LogP contribution in [0.25, 0.3) is 11.3 Å². The molecular weight excluding hydrogens is 328 g/mol. The zero-order valence-corrected chi connectivity index (χ0v) is 15.0. The van der Waals surface area contributed by atoms with Crippen molar-refractivity contribution in [3.63, 3.8) is 0 Å². The number of benzene rings is 1. The fourth-order valence-corrected chi connectivity index (χ4v) is 5.83. The fourth-order valence-electron chi connectivity index (χ4n) is 5.83. The number of nitrogens with one attached hydrogen (secondary N) is 1. The van der Waals surface area contributed by atoms with Crippen molar-refractivity contribution >= 4 is 5.91 Å². The molecule has 5 rings (SSSR count). The number of amides is 1. The zero-order chi connectivity index (χ0) is 17.7. The molecule has 1 aromatic heterocycles. The van der Waals surface area contributed by atoms with Gasteiger partial charge in [0.05, 0.1) is 12.7 Å². The molecule has 3 fully saturated rings. The van der Waals surface area contributed by atoms with Gasteiger partial charge < -0.3 is 14.6 Å². The van der Waals surface area contributed by atoms with E-state index in [9.17, 15) is 4.79 Å². The Morgan fingerprint density at radius 2 is 2.04 bits per heavy atom. The number of rotatable bonds is 4. The average Bonchev–Trinajstić information content (AvgIpc) is 3.42. The van der Waals surface area contributed by atoms with Crippen LogP contribution in [-0.4, -0.2) is 24.2 Å². The number of para-hydroxylation sites is 1. The highest BCUT2D eigenvalue weighted by atomic mass is 16.5. The lowest BCUT2D eigenvalue weighted by Gasteiger charge is -2.31. The Morgan fingerprint density at radius 1 is 1.19 bits per heavy atom. The largest absolute Gasteiger partial charge is 0.496 e. The minimum Gasteiger partial charge on any atom is -0.496 e. The van der Waals surface area contributed by atoms with Crippen LogP contribution in [-0.2, 0) is 0 Å². The van der Waals surface area contributed by atoms with Crippen molar-refractivity contribution in [2.75, 3.05) is 7.11 Å². The van der Waals surface area contributed by atoms with E-state index in [1.807, 2.05) is 24.3 Å². The van der Waals surface area contributed by atoms with Crippen molar-refractivity contribution in [1.29, 1.82) is 0 Å². The first kappa shape index (κ1) is 15.9. The van der Waals surface area contributed by atoms with Gasteiger partial charge in [-0.2, -0.15) is 0 Å². The minimum atomic E-state index is -0.123. The Bertz CT molecular complexity index is 830. The second-order valence-electron chi connectivity index (χ2n) is 8.01. The number of carbonyl (C=O) groups is 1. The molecule has 1 amide bonds. The number of nitrogens with zero attached hydrogens (tertiary/aromatic N) is 1. The first-order valence-corrected chi connectivity index (χ1v) is 9.65. The van der Waals surface area contributed by atoms with E-state index in [1.165, 1.54) is 25.7 Å². The lowest BCUT2D eigenvalue weighted by Crippen LogP contribution is -2.42. The number of hydrogen-bond acceptors (Lipinski definition) is 4. The Labute approximate surface area is 153 Å². The molecular formula is C21H24N2O3. The van der Waals surface area contributed by atoms with Gasteiger partial charge in [0.15, 0.2) is 11.5 Å². The lowest BCUT2D eigenvalue weighted by molar-refractivity contribution is 0.0892. The van der Waals surface area contributed by atoms with Crippen LogP contribution in [0.3, 0.4) is 0 Å². The molecule has 0 radical (unpaired) electrons. The maximum atomic E-state index is 12.7. The summed E-state index contributed by atoms with van der Waals surface area (Å²) in [6.07, 6.45) is 6.55. The second kappa shape index (κ2) is 6.15.